The molecule has 0 saturated carbocycles. The molecule has 3 aromatic rings. The molecule has 0 spiro atoms. The van der Waals surface area contributed by atoms with Crippen LogP contribution in [0.5, 0.6) is 0 Å². The minimum absolute atomic E-state index is 0.0134. The Morgan fingerprint density at radius 3 is 2.54 bits per heavy atom. The summed E-state index contributed by atoms with van der Waals surface area (Å²) in [7, 11) is 0. The molecule has 10 heteroatoms. The molecule has 5 nitrogen and oxygen atoms in total. The lowest BCUT2D eigenvalue weighted by atomic mass is 10.3. The first-order valence-corrected chi connectivity index (χ1v) is 10.2. The number of thioether (sulfide) groups is 1. The maximum atomic E-state index is 13.5. The van der Waals surface area contributed by atoms with Crippen molar-refractivity contribution in [2.24, 2.45) is 0 Å². The normalized spacial score (nSPS) is 16.8. The van der Waals surface area contributed by atoms with Crippen molar-refractivity contribution in [1.29, 1.82) is 0 Å². The second kappa shape index (κ2) is 7.53. The van der Waals surface area contributed by atoms with Gasteiger partial charge in [-0.2, -0.15) is 0 Å². The standard InChI is InChI=1S/C18H11F2N3O2S3/c19-12-7-6-11(8-13(12)20)22-15(24)9-14(16(22)25)27-17-21-23(18(26)28-17)10-4-2-1-3-5-10/h1-8,14H,9H2/t14-/m1/s1. The molecule has 0 radical (unpaired) electrons. The van der Waals surface area contributed by atoms with Crippen molar-refractivity contribution in [1.82, 2.24) is 9.78 Å². The van der Waals surface area contributed by atoms with Gasteiger partial charge in [-0.05, 0) is 36.5 Å². The van der Waals surface area contributed by atoms with Crippen LogP contribution in [0.3, 0.4) is 0 Å². The highest BCUT2D eigenvalue weighted by Gasteiger charge is 2.41. The molecule has 4 rings (SSSR count). The van der Waals surface area contributed by atoms with Crippen molar-refractivity contribution in [2.75, 3.05) is 4.90 Å². The molecule has 1 aliphatic rings. The highest BCUT2D eigenvalue weighted by molar-refractivity contribution is 8.02. The molecule has 1 fully saturated rings. The van der Waals surface area contributed by atoms with E-state index in [2.05, 4.69) is 5.10 Å². The van der Waals surface area contributed by atoms with Gasteiger partial charge >= 0.3 is 0 Å². The van der Waals surface area contributed by atoms with E-state index in [9.17, 15) is 18.4 Å². The van der Waals surface area contributed by atoms with Gasteiger partial charge < -0.3 is 0 Å². The first kappa shape index (κ1) is 18.9. The highest BCUT2D eigenvalue weighted by atomic mass is 32.2. The molecule has 0 N–H and O–H groups in total. The average molecular weight is 436 g/mol. The van der Waals surface area contributed by atoms with E-state index in [4.69, 9.17) is 12.2 Å². The molecule has 0 unspecified atom stereocenters. The predicted molar refractivity (Wildman–Crippen MR) is 105 cm³/mol. The number of amides is 2. The number of carbonyl (C=O) groups is 2. The van der Waals surface area contributed by atoms with Crippen LogP contribution in [0, 0.1) is 15.6 Å². The van der Waals surface area contributed by atoms with Crippen LogP contribution >= 0.6 is 35.3 Å². The largest absolute Gasteiger partial charge is 0.274 e. The van der Waals surface area contributed by atoms with Crippen LogP contribution in [0.25, 0.3) is 5.69 Å². The van der Waals surface area contributed by atoms with E-state index >= 15 is 0 Å². The zero-order chi connectivity index (χ0) is 19.8. The number of para-hydroxylation sites is 1. The SMILES string of the molecule is O=C1C[C@@H](Sc2nn(-c3ccccc3)c(=S)s2)C(=O)N1c1ccc(F)c(F)c1. The number of aromatic nitrogens is 2. The summed E-state index contributed by atoms with van der Waals surface area (Å²) in [5, 5.41) is 3.73. The van der Waals surface area contributed by atoms with Gasteiger partial charge in [0.15, 0.2) is 19.9 Å². The Morgan fingerprint density at radius 2 is 1.82 bits per heavy atom. The molecule has 0 aliphatic carbocycles. The molecular formula is C18H11F2N3O2S3. The van der Waals surface area contributed by atoms with Crippen molar-refractivity contribution in [3.8, 4) is 5.69 Å². The average Bonchev–Trinajstić information content (AvgIpc) is 3.17. The summed E-state index contributed by atoms with van der Waals surface area (Å²) in [5.74, 6) is -3.12. The van der Waals surface area contributed by atoms with E-state index in [1.54, 1.807) is 4.68 Å². The van der Waals surface area contributed by atoms with E-state index in [1.165, 1.54) is 17.4 Å². The van der Waals surface area contributed by atoms with Crippen LogP contribution in [0.1, 0.15) is 6.42 Å². The third-order valence-electron chi connectivity index (χ3n) is 4.04. The van der Waals surface area contributed by atoms with Crippen LogP contribution < -0.4 is 4.90 Å². The summed E-state index contributed by atoms with van der Waals surface area (Å²) < 4.78 is 29.3. The van der Waals surface area contributed by atoms with E-state index < -0.39 is 28.7 Å². The zero-order valence-electron chi connectivity index (χ0n) is 14.0. The third-order valence-corrected chi connectivity index (χ3v) is 6.54. The third kappa shape index (κ3) is 3.50. The number of halogens is 2. The van der Waals surface area contributed by atoms with Crippen molar-refractivity contribution in [3.05, 3.63) is 64.1 Å². The first-order valence-electron chi connectivity index (χ1n) is 8.08. The molecule has 28 heavy (non-hydrogen) atoms. The quantitative estimate of drug-likeness (QED) is 0.450. The van der Waals surface area contributed by atoms with Gasteiger partial charge in [-0.1, -0.05) is 41.3 Å². The van der Waals surface area contributed by atoms with Crippen LogP contribution in [-0.2, 0) is 9.59 Å². The van der Waals surface area contributed by atoms with E-state index in [0.717, 1.165) is 34.5 Å². The Labute approximate surface area is 171 Å². The van der Waals surface area contributed by atoms with Gasteiger partial charge in [-0.25, -0.2) is 18.4 Å². The molecule has 1 atom stereocenters. The van der Waals surface area contributed by atoms with Crippen molar-refractivity contribution >= 4 is 52.8 Å². The number of hydrogen-bond donors (Lipinski definition) is 0. The molecule has 1 saturated heterocycles. The Morgan fingerprint density at radius 1 is 1.07 bits per heavy atom. The summed E-state index contributed by atoms with van der Waals surface area (Å²) in [4.78, 5) is 25.9. The Kier molecular flexibility index (Phi) is 5.09. The van der Waals surface area contributed by atoms with Crippen molar-refractivity contribution < 1.29 is 18.4 Å². The molecule has 2 amide bonds. The monoisotopic (exact) mass is 435 g/mol. The van der Waals surface area contributed by atoms with Gasteiger partial charge in [-0.3, -0.25) is 9.59 Å². The zero-order valence-corrected chi connectivity index (χ0v) is 16.5. The second-order valence-corrected chi connectivity index (χ2v) is 8.93. The summed E-state index contributed by atoms with van der Waals surface area (Å²) in [6.45, 7) is 0. The van der Waals surface area contributed by atoms with Gasteiger partial charge in [0.2, 0.25) is 11.8 Å². The summed E-state index contributed by atoms with van der Waals surface area (Å²) in [6.07, 6.45) is -0.0554. The fourth-order valence-electron chi connectivity index (χ4n) is 2.75. The molecule has 2 aromatic carbocycles. The van der Waals surface area contributed by atoms with Crippen LogP contribution in [-0.4, -0.2) is 26.8 Å². The molecule has 2 heterocycles. The lowest BCUT2D eigenvalue weighted by Crippen LogP contribution is -2.31. The molecule has 0 bridgehead atoms. The van der Waals surface area contributed by atoms with Gasteiger partial charge in [0, 0.05) is 12.5 Å². The predicted octanol–water partition coefficient (Wildman–Crippen LogP) is 4.37. The maximum Gasteiger partial charge on any atom is 0.247 e. The van der Waals surface area contributed by atoms with Crippen LogP contribution in [0.15, 0.2) is 52.9 Å². The molecular weight excluding hydrogens is 424 g/mol. The van der Waals surface area contributed by atoms with Gasteiger partial charge in [0.25, 0.3) is 0 Å². The minimum atomic E-state index is -1.12. The lowest BCUT2D eigenvalue weighted by molar-refractivity contribution is -0.121. The maximum absolute atomic E-state index is 13.5. The first-order chi connectivity index (χ1) is 13.4. The molecule has 1 aliphatic heterocycles. The van der Waals surface area contributed by atoms with E-state index in [0.29, 0.717) is 8.29 Å². The minimum Gasteiger partial charge on any atom is -0.274 e. The number of hydrogen-bond acceptors (Lipinski definition) is 6. The Bertz CT molecular complexity index is 1130. The summed E-state index contributed by atoms with van der Waals surface area (Å²) in [5.41, 5.74) is 0.812. The smallest absolute Gasteiger partial charge is 0.247 e. The highest BCUT2D eigenvalue weighted by Crippen LogP contribution is 2.35. The number of rotatable bonds is 4. The fourth-order valence-corrected chi connectivity index (χ4v) is 5.38. The lowest BCUT2D eigenvalue weighted by Gasteiger charge is -2.14. The Hall–Kier alpha value is -2.43. The number of nitrogens with zero attached hydrogens (tertiary/aromatic N) is 3. The molecule has 1 aromatic heterocycles. The van der Waals surface area contributed by atoms with Crippen LogP contribution in [0.4, 0.5) is 14.5 Å². The number of anilines is 1. The number of carbonyl (C=O) groups excluding carboxylic acids is 2. The van der Waals surface area contributed by atoms with E-state index in [1.807, 2.05) is 30.3 Å². The van der Waals surface area contributed by atoms with Gasteiger partial charge in [-0.15, -0.1) is 5.10 Å². The molecule has 142 valence electrons. The summed E-state index contributed by atoms with van der Waals surface area (Å²) >= 11 is 7.72. The number of benzene rings is 2. The van der Waals surface area contributed by atoms with Crippen molar-refractivity contribution in [2.45, 2.75) is 16.0 Å². The summed E-state index contributed by atoms with van der Waals surface area (Å²) in [6, 6.07) is 12.3. The van der Waals surface area contributed by atoms with E-state index in [-0.39, 0.29) is 12.1 Å². The van der Waals surface area contributed by atoms with Gasteiger partial charge in [0.05, 0.1) is 11.4 Å². The fraction of sp³-hybridized carbons (Fsp3) is 0.111. The Balaban J connectivity index is 1.57. The second-order valence-electron chi connectivity index (χ2n) is 5.86. The van der Waals surface area contributed by atoms with Crippen molar-refractivity contribution in [3.63, 3.8) is 0 Å². The van der Waals surface area contributed by atoms with Gasteiger partial charge in [0.1, 0.15) is 5.25 Å². The van der Waals surface area contributed by atoms with Crippen LogP contribution in [0.2, 0.25) is 0 Å². The topological polar surface area (TPSA) is 55.2 Å². The number of imide groups is 1.